The lowest BCUT2D eigenvalue weighted by molar-refractivity contribution is 0.665. The van der Waals surface area contributed by atoms with Crippen molar-refractivity contribution >= 4 is 15.9 Å². The summed E-state index contributed by atoms with van der Waals surface area (Å²) in [6.07, 6.45) is 0. The molecule has 0 aromatic heterocycles. The molecule has 0 bridgehead atoms. The number of rotatable bonds is 0. The van der Waals surface area contributed by atoms with Gasteiger partial charge in [0.25, 0.3) is 0 Å². The quantitative estimate of drug-likeness (QED) is 0.442. The molecule has 0 atom stereocenters. The van der Waals surface area contributed by atoms with E-state index in [0.29, 0.717) is 0 Å². The smallest absolute Gasteiger partial charge is 0.203 e. The van der Waals surface area contributed by atoms with Crippen molar-refractivity contribution < 1.29 is 4.39 Å². The summed E-state index contributed by atoms with van der Waals surface area (Å²) in [5, 5.41) is 0. The molecule has 1 radical (unpaired) electrons. The fourth-order valence-electron chi connectivity index (χ4n) is 0.0206. The summed E-state index contributed by atoms with van der Waals surface area (Å²) in [5.41, 5.74) is 0. The molecule has 0 saturated heterocycles. The van der Waals surface area contributed by atoms with Crippen LogP contribution in [-0.2, 0) is 0 Å². The summed E-state index contributed by atoms with van der Waals surface area (Å²) in [4.78, 5) is 2.15. The molecule has 0 fully saturated rings. The maximum Gasteiger partial charge on any atom is 0.203 e. The fraction of sp³-hybridized carbons (Fsp3) is 0. The molecule has 0 aromatic rings. The van der Waals surface area contributed by atoms with E-state index in [1.54, 1.807) is 0 Å². The molecule has 0 amide bonds. The minimum absolute atomic E-state index is 0.273. The predicted octanol–water partition coefficient (Wildman–Crippen LogP) is 1.47. The van der Waals surface area contributed by atoms with Crippen LogP contribution in [0, 0.1) is 17.4 Å². The van der Waals surface area contributed by atoms with Crippen LogP contribution in [0.1, 0.15) is 0 Å². The largest absolute Gasteiger partial charge is 0.229 e. The number of hydrogen-bond acceptors (Lipinski definition) is 0. The second-order valence-corrected chi connectivity index (χ2v) is 0.744. The Kier molecular flexibility index (Phi) is 3.95. The zero-order valence-electron chi connectivity index (χ0n) is 2.33. The van der Waals surface area contributed by atoms with Crippen LogP contribution in [0.5, 0.6) is 0 Å². The molecular weight excluding hydrogens is 135 g/mol. The van der Waals surface area contributed by atoms with Gasteiger partial charge in [-0.15, -0.1) is 0 Å². The molecule has 0 aliphatic heterocycles. The molecule has 5 heavy (non-hydrogen) atoms. The van der Waals surface area contributed by atoms with E-state index in [1.807, 2.05) is 5.92 Å². The van der Waals surface area contributed by atoms with Crippen molar-refractivity contribution in [1.29, 1.82) is 0 Å². The van der Waals surface area contributed by atoms with Gasteiger partial charge < -0.3 is 0 Å². The monoisotopic (exact) mass is 135 g/mol. The first-order chi connectivity index (χ1) is 2.41. The Balaban J connectivity index is 2.81. The van der Waals surface area contributed by atoms with Crippen molar-refractivity contribution in [1.82, 2.24) is 0 Å². The lowest BCUT2D eigenvalue weighted by Crippen LogP contribution is -1.41. The molecule has 27 valence electrons. The van der Waals surface area contributed by atoms with Gasteiger partial charge in [-0.3, -0.25) is 0 Å². The molecule has 2 heteroatoms. The predicted molar refractivity (Wildman–Crippen MR) is 22.1 cm³/mol. The van der Waals surface area contributed by atoms with Gasteiger partial charge in [0.2, 0.25) is 6.67 Å². The van der Waals surface area contributed by atoms with E-state index in [1.165, 1.54) is 0 Å². The molecule has 0 heterocycles. The number of hydrogen-bond donors (Lipinski definition) is 0. The zero-order chi connectivity index (χ0) is 4.12. The fourth-order valence-corrected chi connectivity index (χ4v) is 0.107. The first kappa shape index (κ1) is 4.97. The maximum absolute atomic E-state index is 10.7. The van der Waals surface area contributed by atoms with Gasteiger partial charge >= 0.3 is 0 Å². The highest BCUT2D eigenvalue weighted by Crippen LogP contribution is 1.72. The topological polar surface area (TPSA) is 0 Å². The van der Waals surface area contributed by atoms with E-state index < -0.39 is 0 Å². The Bertz CT molecular complexity index is 59.0. The summed E-state index contributed by atoms with van der Waals surface area (Å²) in [5.74, 6) is 1.99. The molecular formula is C3HBrF. The van der Waals surface area contributed by atoms with E-state index in [2.05, 4.69) is 20.8 Å². The third kappa shape index (κ3) is 3.97. The summed E-state index contributed by atoms with van der Waals surface area (Å²) in [7, 11) is 0. The minimum atomic E-state index is 0.273. The van der Waals surface area contributed by atoms with Crippen LogP contribution in [0.3, 0.4) is 0 Å². The van der Waals surface area contributed by atoms with E-state index in [4.69, 9.17) is 0 Å². The van der Waals surface area contributed by atoms with Gasteiger partial charge in [-0.05, 0) is 10.8 Å². The van der Waals surface area contributed by atoms with Crippen molar-refractivity contribution in [3.63, 3.8) is 0 Å². The van der Waals surface area contributed by atoms with Gasteiger partial charge in [-0.1, -0.05) is 0 Å². The average molecular weight is 136 g/mol. The van der Waals surface area contributed by atoms with E-state index in [-0.39, 0.29) is 6.67 Å². The van der Waals surface area contributed by atoms with Gasteiger partial charge in [-0.25, -0.2) is 4.39 Å². The molecule has 0 nitrogen and oxygen atoms in total. The van der Waals surface area contributed by atoms with Crippen molar-refractivity contribution in [3.8, 4) is 10.8 Å². The van der Waals surface area contributed by atoms with E-state index in [0.717, 1.165) is 0 Å². The van der Waals surface area contributed by atoms with E-state index in [9.17, 15) is 4.39 Å². The Morgan fingerprint density at radius 1 is 1.80 bits per heavy atom. The van der Waals surface area contributed by atoms with Crippen LogP contribution in [0.25, 0.3) is 0 Å². The van der Waals surface area contributed by atoms with Gasteiger partial charge in [0.15, 0.2) is 0 Å². The third-order valence-electron chi connectivity index (χ3n) is 0.109. The van der Waals surface area contributed by atoms with Crippen LogP contribution in [0.4, 0.5) is 4.39 Å². The molecule has 0 aliphatic rings. The van der Waals surface area contributed by atoms with Crippen molar-refractivity contribution in [2.45, 2.75) is 0 Å². The van der Waals surface area contributed by atoms with Crippen molar-refractivity contribution in [2.75, 3.05) is 0 Å². The van der Waals surface area contributed by atoms with Crippen LogP contribution < -0.4 is 0 Å². The highest BCUT2D eigenvalue weighted by atomic mass is 79.9. The van der Waals surface area contributed by atoms with Gasteiger partial charge in [-0.2, -0.15) is 0 Å². The SMILES string of the molecule is F[CH]C#CBr. The highest BCUT2D eigenvalue weighted by molar-refractivity contribution is 9.12. The van der Waals surface area contributed by atoms with Crippen LogP contribution in [0.2, 0.25) is 0 Å². The molecule has 0 rings (SSSR count). The third-order valence-corrected chi connectivity index (χ3v) is 0.338. The first-order valence-corrected chi connectivity index (χ1v) is 1.74. The molecule has 0 saturated carbocycles. The normalized spacial score (nSPS) is 5.20. The van der Waals surface area contributed by atoms with Crippen molar-refractivity contribution in [3.05, 3.63) is 6.67 Å². The van der Waals surface area contributed by atoms with Crippen LogP contribution in [0.15, 0.2) is 0 Å². The Labute approximate surface area is 38.5 Å². The van der Waals surface area contributed by atoms with E-state index >= 15 is 0 Å². The van der Waals surface area contributed by atoms with Crippen molar-refractivity contribution in [2.24, 2.45) is 0 Å². The second-order valence-electron chi connectivity index (χ2n) is 0.348. The summed E-state index contributed by atoms with van der Waals surface area (Å²) in [6.45, 7) is 0.273. The highest BCUT2D eigenvalue weighted by Gasteiger charge is 1.56. The Hall–Kier alpha value is -0.0300. The van der Waals surface area contributed by atoms with Gasteiger partial charge in [0.05, 0.1) is 0 Å². The average Bonchev–Trinajstić information content (AvgIpc) is 1.41. The lowest BCUT2D eigenvalue weighted by atomic mass is 10.8. The standard InChI is InChI=1S/C3HBrF/c4-2-1-3-5/h3H. The maximum atomic E-state index is 10.7. The molecule has 0 aliphatic carbocycles. The Morgan fingerprint density at radius 3 is 2.40 bits per heavy atom. The van der Waals surface area contributed by atoms with Crippen LogP contribution in [-0.4, -0.2) is 0 Å². The number of halogens is 2. The molecule has 0 spiro atoms. The summed E-state index contributed by atoms with van der Waals surface area (Å²) < 4.78 is 10.7. The molecule has 0 N–H and O–H groups in total. The lowest BCUT2D eigenvalue weighted by Gasteiger charge is -1.51. The molecule has 0 unspecified atom stereocenters. The first-order valence-electron chi connectivity index (χ1n) is 0.946. The zero-order valence-corrected chi connectivity index (χ0v) is 3.92. The summed E-state index contributed by atoms with van der Waals surface area (Å²) in [6, 6.07) is 0. The molecule has 0 aromatic carbocycles. The van der Waals surface area contributed by atoms with Gasteiger partial charge in [0, 0.05) is 15.9 Å². The van der Waals surface area contributed by atoms with Gasteiger partial charge in [0.1, 0.15) is 0 Å². The second kappa shape index (κ2) is 3.97. The summed E-state index contributed by atoms with van der Waals surface area (Å²) >= 11 is 2.68. The minimum Gasteiger partial charge on any atom is -0.229 e. The van der Waals surface area contributed by atoms with Crippen LogP contribution >= 0.6 is 15.9 Å². The Morgan fingerprint density at radius 2 is 2.40 bits per heavy atom.